The summed E-state index contributed by atoms with van der Waals surface area (Å²) >= 11 is 0. The van der Waals surface area contributed by atoms with Crippen molar-refractivity contribution in [1.29, 1.82) is 0 Å². The van der Waals surface area contributed by atoms with Crippen molar-refractivity contribution in [1.82, 2.24) is 15.5 Å². The van der Waals surface area contributed by atoms with Crippen LogP contribution in [-0.2, 0) is 0 Å². The molecule has 1 unspecified atom stereocenters. The summed E-state index contributed by atoms with van der Waals surface area (Å²) in [6.07, 6.45) is 6.96. The van der Waals surface area contributed by atoms with Crippen molar-refractivity contribution in [2.45, 2.75) is 39.0 Å². The van der Waals surface area contributed by atoms with Gasteiger partial charge in [-0.1, -0.05) is 6.92 Å². The molecule has 3 heteroatoms. The molecule has 2 fully saturated rings. The van der Waals surface area contributed by atoms with E-state index in [2.05, 4.69) is 22.5 Å². The second kappa shape index (κ2) is 8.13. The SMILES string of the molecule is CCCNCCC1CCN(CCNCC2CC2)C1. The Balaban J connectivity index is 1.43. The van der Waals surface area contributed by atoms with E-state index < -0.39 is 0 Å². The van der Waals surface area contributed by atoms with Gasteiger partial charge in [0.25, 0.3) is 0 Å². The summed E-state index contributed by atoms with van der Waals surface area (Å²) in [7, 11) is 0. The van der Waals surface area contributed by atoms with E-state index in [1.165, 1.54) is 77.9 Å². The second-order valence-electron chi connectivity index (χ2n) is 6.14. The summed E-state index contributed by atoms with van der Waals surface area (Å²) in [6, 6.07) is 0. The number of hydrogen-bond donors (Lipinski definition) is 2. The first-order valence-electron chi connectivity index (χ1n) is 8.02. The minimum atomic E-state index is 0.942. The Labute approximate surface area is 113 Å². The quantitative estimate of drug-likeness (QED) is 0.580. The first-order valence-corrected chi connectivity index (χ1v) is 8.02. The zero-order valence-electron chi connectivity index (χ0n) is 12.1. The fourth-order valence-corrected chi connectivity index (χ4v) is 2.82. The van der Waals surface area contributed by atoms with Crippen LogP contribution in [0.15, 0.2) is 0 Å². The Morgan fingerprint density at radius 3 is 2.67 bits per heavy atom. The van der Waals surface area contributed by atoms with Crippen LogP contribution in [0.25, 0.3) is 0 Å². The van der Waals surface area contributed by atoms with Crippen molar-refractivity contribution in [2.75, 3.05) is 45.8 Å². The minimum Gasteiger partial charge on any atom is -0.317 e. The maximum absolute atomic E-state index is 3.59. The lowest BCUT2D eigenvalue weighted by Gasteiger charge is -2.16. The maximum Gasteiger partial charge on any atom is 0.0107 e. The monoisotopic (exact) mass is 253 g/mol. The number of nitrogens with one attached hydrogen (secondary N) is 2. The molecule has 106 valence electrons. The van der Waals surface area contributed by atoms with E-state index in [0.29, 0.717) is 0 Å². The molecule has 2 rings (SSSR count). The molecule has 1 atom stereocenters. The average molecular weight is 253 g/mol. The van der Waals surface area contributed by atoms with E-state index in [1.54, 1.807) is 0 Å². The van der Waals surface area contributed by atoms with Crippen LogP contribution in [0, 0.1) is 11.8 Å². The number of hydrogen-bond acceptors (Lipinski definition) is 3. The van der Waals surface area contributed by atoms with Gasteiger partial charge in [0.2, 0.25) is 0 Å². The summed E-state index contributed by atoms with van der Waals surface area (Å²) in [5, 5.41) is 7.11. The molecule has 2 aliphatic rings. The van der Waals surface area contributed by atoms with Crippen LogP contribution in [0.4, 0.5) is 0 Å². The predicted octanol–water partition coefficient (Wildman–Crippen LogP) is 1.70. The molecule has 2 N–H and O–H groups in total. The summed E-state index contributed by atoms with van der Waals surface area (Å²) < 4.78 is 0. The van der Waals surface area contributed by atoms with Crippen molar-refractivity contribution in [3.8, 4) is 0 Å². The third-order valence-electron chi connectivity index (χ3n) is 4.26. The van der Waals surface area contributed by atoms with Crippen molar-refractivity contribution in [2.24, 2.45) is 11.8 Å². The third kappa shape index (κ3) is 5.68. The fraction of sp³-hybridized carbons (Fsp3) is 1.00. The standard InChI is InChI=1S/C15H31N3/c1-2-7-16-8-5-15-6-10-18(13-15)11-9-17-12-14-3-4-14/h14-17H,2-13H2,1H3. The van der Waals surface area contributed by atoms with Crippen molar-refractivity contribution < 1.29 is 0 Å². The molecule has 0 amide bonds. The molecule has 1 saturated heterocycles. The predicted molar refractivity (Wildman–Crippen MR) is 77.9 cm³/mol. The molecule has 0 aromatic carbocycles. The van der Waals surface area contributed by atoms with Gasteiger partial charge in [-0.15, -0.1) is 0 Å². The molecule has 18 heavy (non-hydrogen) atoms. The lowest BCUT2D eigenvalue weighted by molar-refractivity contribution is 0.317. The topological polar surface area (TPSA) is 27.3 Å². The lowest BCUT2D eigenvalue weighted by Crippen LogP contribution is -2.31. The first kappa shape index (κ1) is 14.3. The Kier molecular flexibility index (Phi) is 6.46. The molecule has 0 aromatic heterocycles. The van der Waals surface area contributed by atoms with Gasteiger partial charge in [-0.25, -0.2) is 0 Å². The van der Waals surface area contributed by atoms with Crippen molar-refractivity contribution in [3.05, 3.63) is 0 Å². The molecular weight excluding hydrogens is 222 g/mol. The minimum absolute atomic E-state index is 0.942. The van der Waals surface area contributed by atoms with Gasteiger partial charge in [0.05, 0.1) is 0 Å². The van der Waals surface area contributed by atoms with Gasteiger partial charge in [-0.2, -0.15) is 0 Å². The van der Waals surface area contributed by atoms with E-state index in [1.807, 2.05) is 0 Å². The van der Waals surface area contributed by atoms with Gasteiger partial charge in [0.15, 0.2) is 0 Å². The van der Waals surface area contributed by atoms with Gasteiger partial charge in [0, 0.05) is 19.6 Å². The Bertz CT molecular complexity index is 216. The van der Waals surface area contributed by atoms with E-state index in [0.717, 1.165) is 11.8 Å². The Morgan fingerprint density at radius 2 is 1.89 bits per heavy atom. The molecule has 1 aliphatic carbocycles. The highest BCUT2D eigenvalue weighted by molar-refractivity contribution is 4.78. The molecule has 0 radical (unpaired) electrons. The van der Waals surface area contributed by atoms with Crippen LogP contribution in [0.5, 0.6) is 0 Å². The summed E-state index contributed by atoms with van der Waals surface area (Å²) in [4.78, 5) is 2.64. The van der Waals surface area contributed by atoms with Gasteiger partial charge in [0.1, 0.15) is 0 Å². The third-order valence-corrected chi connectivity index (χ3v) is 4.26. The molecule has 3 nitrogen and oxygen atoms in total. The number of rotatable bonds is 10. The molecule has 0 bridgehead atoms. The Morgan fingerprint density at radius 1 is 1.00 bits per heavy atom. The zero-order chi connectivity index (χ0) is 12.6. The summed E-state index contributed by atoms with van der Waals surface area (Å²) in [5.41, 5.74) is 0. The summed E-state index contributed by atoms with van der Waals surface area (Å²) in [5.74, 6) is 1.96. The van der Waals surface area contributed by atoms with Crippen LogP contribution < -0.4 is 10.6 Å². The van der Waals surface area contributed by atoms with Gasteiger partial charge in [-0.05, 0) is 70.1 Å². The number of likely N-dealkylation sites (tertiary alicyclic amines) is 1. The van der Waals surface area contributed by atoms with Gasteiger partial charge >= 0.3 is 0 Å². The van der Waals surface area contributed by atoms with Crippen molar-refractivity contribution in [3.63, 3.8) is 0 Å². The van der Waals surface area contributed by atoms with E-state index in [4.69, 9.17) is 0 Å². The molecule has 1 saturated carbocycles. The van der Waals surface area contributed by atoms with E-state index >= 15 is 0 Å². The summed E-state index contributed by atoms with van der Waals surface area (Å²) in [6.45, 7) is 11.0. The Hall–Kier alpha value is -0.120. The van der Waals surface area contributed by atoms with Crippen LogP contribution in [0.1, 0.15) is 39.0 Å². The van der Waals surface area contributed by atoms with E-state index in [9.17, 15) is 0 Å². The molecule has 0 aromatic rings. The highest BCUT2D eigenvalue weighted by Gasteiger charge is 2.22. The van der Waals surface area contributed by atoms with E-state index in [-0.39, 0.29) is 0 Å². The zero-order valence-corrected chi connectivity index (χ0v) is 12.1. The lowest BCUT2D eigenvalue weighted by atomic mass is 10.1. The molecule has 1 heterocycles. The van der Waals surface area contributed by atoms with Crippen LogP contribution in [0.3, 0.4) is 0 Å². The largest absolute Gasteiger partial charge is 0.317 e. The molecular formula is C15H31N3. The maximum atomic E-state index is 3.59. The fourth-order valence-electron chi connectivity index (χ4n) is 2.82. The highest BCUT2D eigenvalue weighted by atomic mass is 15.2. The molecule has 1 aliphatic heterocycles. The molecule has 0 spiro atoms. The second-order valence-corrected chi connectivity index (χ2v) is 6.14. The number of nitrogens with zero attached hydrogens (tertiary/aromatic N) is 1. The van der Waals surface area contributed by atoms with Crippen LogP contribution in [0.2, 0.25) is 0 Å². The highest BCUT2D eigenvalue weighted by Crippen LogP contribution is 2.27. The van der Waals surface area contributed by atoms with Crippen molar-refractivity contribution >= 4 is 0 Å². The average Bonchev–Trinajstić information content (AvgIpc) is 3.10. The van der Waals surface area contributed by atoms with Crippen LogP contribution in [-0.4, -0.2) is 50.7 Å². The normalized spacial score (nSPS) is 24.8. The first-order chi connectivity index (χ1) is 8.88. The van der Waals surface area contributed by atoms with Crippen LogP contribution >= 0.6 is 0 Å². The van der Waals surface area contributed by atoms with Gasteiger partial charge < -0.3 is 15.5 Å². The smallest absolute Gasteiger partial charge is 0.0107 e. The van der Waals surface area contributed by atoms with Gasteiger partial charge in [-0.3, -0.25) is 0 Å².